The number of carboxylic acids is 2. The van der Waals surface area contributed by atoms with Crippen molar-refractivity contribution in [3.8, 4) is 17.0 Å². The summed E-state index contributed by atoms with van der Waals surface area (Å²) in [7, 11) is 1.51. The van der Waals surface area contributed by atoms with Crippen LogP contribution in [0.1, 0.15) is 29.9 Å². The molecule has 116 valence electrons. The number of rotatable bonds is 6. The minimum absolute atomic E-state index is 0.157. The lowest BCUT2D eigenvalue weighted by Gasteiger charge is -2.13. The van der Waals surface area contributed by atoms with Gasteiger partial charge in [0.1, 0.15) is 11.4 Å². The van der Waals surface area contributed by atoms with Crippen LogP contribution in [0.15, 0.2) is 24.3 Å². The van der Waals surface area contributed by atoms with Crippen LogP contribution >= 0.6 is 0 Å². The van der Waals surface area contributed by atoms with Crippen LogP contribution in [0.4, 0.5) is 0 Å². The molecule has 1 aromatic heterocycles. The van der Waals surface area contributed by atoms with Gasteiger partial charge in [-0.15, -0.1) is 5.10 Å². The van der Waals surface area contributed by atoms with E-state index in [2.05, 4.69) is 10.3 Å². The highest BCUT2D eigenvalue weighted by Crippen LogP contribution is 2.28. The number of aromatic carboxylic acids is 1. The molecule has 8 heteroatoms. The van der Waals surface area contributed by atoms with Gasteiger partial charge in [-0.3, -0.25) is 0 Å². The fraction of sp³-hybridized carbons (Fsp3) is 0.286. The summed E-state index contributed by atoms with van der Waals surface area (Å²) in [5, 5.41) is 25.8. The maximum Gasteiger partial charge on any atom is 0.358 e. The lowest BCUT2D eigenvalue weighted by molar-refractivity contribution is -0.141. The molecule has 2 rings (SSSR count). The number of nitrogens with zero attached hydrogens (tertiary/aromatic N) is 3. The molecular formula is C14H15N3O5. The van der Waals surface area contributed by atoms with Gasteiger partial charge in [-0.05, 0) is 30.7 Å². The predicted octanol–water partition coefficient (Wildman–Crippen LogP) is 1.69. The molecule has 0 bridgehead atoms. The molecular weight excluding hydrogens is 290 g/mol. The van der Waals surface area contributed by atoms with Crippen molar-refractivity contribution < 1.29 is 24.5 Å². The average molecular weight is 305 g/mol. The number of carbonyl (C=O) groups is 2. The zero-order chi connectivity index (χ0) is 16.3. The molecule has 1 unspecified atom stereocenters. The second-order valence-electron chi connectivity index (χ2n) is 4.53. The molecule has 1 aromatic carbocycles. The number of aromatic nitrogens is 3. The standard InChI is InChI=1S/C14H15N3O5/c1-3-10(13(18)19)17-12(11(14(20)21)15-16-17)8-4-6-9(22-2)7-5-8/h4-7,10H,3H2,1-2H3,(H,18,19)(H,20,21). The van der Waals surface area contributed by atoms with Crippen molar-refractivity contribution in [2.75, 3.05) is 7.11 Å². The van der Waals surface area contributed by atoms with Crippen molar-refractivity contribution in [3.63, 3.8) is 0 Å². The van der Waals surface area contributed by atoms with Gasteiger partial charge in [-0.25, -0.2) is 14.3 Å². The molecule has 0 amide bonds. The first kappa shape index (κ1) is 15.5. The van der Waals surface area contributed by atoms with Crippen LogP contribution in [0.25, 0.3) is 11.3 Å². The van der Waals surface area contributed by atoms with E-state index in [9.17, 15) is 19.8 Å². The molecule has 22 heavy (non-hydrogen) atoms. The zero-order valence-corrected chi connectivity index (χ0v) is 12.1. The Balaban J connectivity index is 2.61. The van der Waals surface area contributed by atoms with Gasteiger partial charge in [0.2, 0.25) is 0 Å². The maximum absolute atomic E-state index is 11.3. The van der Waals surface area contributed by atoms with Gasteiger partial charge in [-0.1, -0.05) is 12.1 Å². The summed E-state index contributed by atoms with van der Waals surface area (Å²) in [6.45, 7) is 1.68. The number of hydrogen-bond donors (Lipinski definition) is 2. The summed E-state index contributed by atoms with van der Waals surface area (Å²) >= 11 is 0. The molecule has 0 aliphatic rings. The lowest BCUT2D eigenvalue weighted by atomic mass is 10.1. The van der Waals surface area contributed by atoms with Gasteiger partial charge >= 0.3 is 11.9 Å². The smallest absolute Gasteiger partial charge is 0.358 e. The van der Waals surface area contributed by atoms with E-state index in [0.717, 1.165) is 4.68 Å². The number of hydrogen-bond acceptors (Lipinski definition) is 5. The molecule has 2 N–H and O–H groups in total. The second-order valence-corrected chi connectivity index (χ2v) is 4.53. The lowest BCUT2D eigenvalue weighted by Crippen LogP contribution is -2.20. The first-order valence-corrected chi connectivity index (χ1v) is 6.55. The van der Waals surface area contributed by atoms with E-state index >= 15 is 0 Å². The SMILES string of the molecule is CCC(C(=O)O)n1nnc(C(=O)O)c1-c1ccc(OC)cc1. The van der Waals surface area contributed by atoms with Crippen LogP contribution in [0.3, 0.4) is 0 Å². The van der Waals surface area contributed by atoms with E-state index in [1.807, 2.05) is 0 Å². The van der Waals surface area contributed by atoms with E-state index in [0.29, 0.717) is 11.3 Å². The van der Waals surface area contributed by atoms with Crippen molar-refractivity contribution in [1.29, 1.82) is 0 Å². The molecule has 0 spiro atoms. The summed E-state index contributed by atoms with van der Waals surface area (Å²) in [5.74, 6) is -1.76. The Morgan fingerprint density at radius 2 is 1.91 bits per heavy atom. The monoisotopic (exact) mass is 305 g/mol. The van der Waals surface area contributed by atoms with Gasteiger partial charge in [-0.2, -0.15) is 0 Å². The Morgan fingerprint density at radius 1 is 1.27 bits per heavy atom. The summed E-state index contributed by atoms with van der Waals surface area (Å²) in [6.07, 6.45) is 0.251. The Labute approximate surface area is 125 Å². The van der Waals surface area contributed by atoms with Crippen LogP contribution in [-0.4, -0.2) is 44.3 Å². The molecule has 0 saturated carbocycles. The fourth-order valence-electron chi connectivity index (χ4n) is 2.13. The molecule has 1 heterocycles. The molecule has 8 nitrogen and oxygen atoms in total. The highest BCUT2D eigenvalue weighted by molar-refractivity contribution is 5.93. The molecule has 0 fully saturated rings. The molecule has 0 aliphatic heterocycles. The van der Waals surface area contributed by atoms with Crippen LogP contribution in [0, 0.1) is 0 Å². The summed E-state index contributed by atoms with van der Waals surface area (Å²) in [5.41, 5.74) is 0.372. The van der Waals surface area contributed by atoms with E-state index in [4.69, 9.17) is 4.74 Å². The van der Waals surface area contributed by atoms with Crippen LogP contribution in [0.5, 0.6) is 5.75 Å². The Hall–Kier alpha value is -2.90. The quantitative estimate of drug-likeness (QED) is 0.834. The van der Waals surface area contributed by atoms with Crippen molar-refractivity contribution in [3.05, 3.63) is 30.0 Å². The maximum atomic E-state index is 11.3. The number of ether oxygens (including phenoxy) is 1. The van der Waals surface area contributed by atoms with E-state index in [-0.39, 0.29) is 17.8 Å². The Morgan fingerprint density at radius 3 is 2.36 bits per heavy atom. The number of benzene rings is 1. The van der Waals surface area contributed by atoms with Crippen LogP contribution < -0.4 is 4.74 Å². The summed E-state index contributed by atoms with van der Waals surface area (Å²) < 4.78 is 6.19. The third-order valence-corrected chi connectivity index (χ3v) is 3.23. The molecule has 1 atom stereocenters. The van der Waals surface area contributed by atoms with Gasteiger partial charge in [0, 0.05) is 5.56 Å². The molecule has 2 aromatic rings. The summed E-state index contributed by atoms with van der Waals surface area (Å²) in [6, 6.07) is 5.59. The van der Waals surface area contributed by atoms with E-state index < -0.39 is 18.0 Å². The molecule has 0 saturated heterocycles. The highest BCUT2D eigenvalue weighted by atomic mass is 16.5. The zero-order valence-electron chi connectivity index (χ0n) is 12.1. The van der Waals surface area contributed by atoms with Crippen molar-refractivity contribution >= 4 is 11.9 Å². The average Bonchev–Trinajstić information content (AvgIpc) is 2.92. The highest BCUT2D eigenvalue weighted by Gasteiger charge is 2.27. The fourth-order valence-corrected chi connectivity index (χ4v) is 2.13. The van der Waals surface area contributed by atoms with Gasteiger partial charge in [0.05, 0.1) is 7.11 Å². The van der Waals surface area contributed by atoms with Crippen LogP contribution in [0.2, 0.25) is 0 Å². The largest absolute Gasteiger partial charge is 0.497 e. The van der Waals surface area contributed by atoms with E-state index in [1.165, 1.54) is 7.11 Å². The first-order chi connectivity index (χ1) is 10.5. The van der Waals surface area contributed by atoms with Crippen molar-refractivity contribution in [1.82, 2.24) is 15.0 Å². The van der Waals surface area contributed by atoms with E-state index in [1.54, 1.807) is 31.2 Å². The normalized spacial score (nSPS) is 11.9. The second kappa shape index (κ2) is 6.25. The van der Waals surface area contributed by atoms with Crippen LogP contribution in [-0.2, 0) is 4.79 Å². The molecule has 0 aliphatic carbocycles. The van der Waals surface area contributed by atoms with Gasteiger partial charge in [0.15, 0.2) is 11.7 Å². The molecule has 0 radical (unpaired) electrons. The third kappa shape index (κ3) is 2.76. The number of aliphatic carboxylic acids is 1. The minimum Gasteiger partial charge on any atom is -0.497 e. The number of methoxy groups -OCH3 is 1. The first-order valence-electron chi connectivity index (χ1n) is 6.55. The number of carboxylic acid groups (broad SMARTS) is 2. The van der Waals surface area contributed by atoms with Gasteiger partial charge in [0.25, 0.3) is 0 Å². The summed E-state index contributed by atoms with van der Waals surface area (Å²) in [4.78, 5) is 22.7. The minimum atomic E-state index is -1.27. The Bertz CT molecular complexity index is 693. The Kier molecular flexibility index (Phi) is 4.40. The predicted molar refractivity (Wildman–Crippen MR) is 75.9 cm³/mol. The topological polar surface area (TPSA) is 115 Å². The van der Waals surface area contributed by atoms with Crippen molar-refractivity contribution in [2.24, 2.45) is 0 Å². The third-order valence-electron chi connectivity index (χ3n) is 3.23. The van der Waals surface area contributed by atoms with Crippen molar-refractivity contribution in [2.45, 2.75) is 19.4 Å². The van der Waals surface area contributed by atoms with Gasteiger partial charge < -0.3 is 14.9 Å².